The van der Waals surface area contributed by atoms with Crippen LogP contribution in [-0.2, 0) is 18.1 Å². The molecule has 0 aliphatic carbocycles. The summed E-state index contributed by atoms with van der Waals surface area (Å²) in [6.45, 7) is -0.153. The van der Waals surface area contributed by atoms with Crippen LogP contribution >= 0.6 is 0 Å². The zero-order chi connectivity index (χ0) is 19.0. The molecule has 0 radical (unpaired) electrons. The first-order chi connectivity index (χ1) is 11.8. The van der Waals surface area contributed by atoms with Crippen LogP contribution < -0.4 is 5.32 Å². The van der Waals surface area contributed by atoms with Gasteiger partial charge in [-0.1, -0.05) is 0 Å². The number of hydrogen-bond acceptors (Lipinski definition) is 6. The lowest BCUT2D eigenvalue weighted by Crippen LogP contribution is -2.47. The van der Waals surface area contributed by atoms with E-state index >= 15 is 0 Å². The first-order valence-corrected chi connectivity index (χ1v) is 9.21. The summed E-state index contributed by atoms with van der Waals surface area (Å²) in [7, 11) is 1.02. The Labute approximate surface area is 145 Å². The molecular formula is C15H21NO8Si. The summed E-state index contributed by atoms with van der Waals surface area (Å²) in [4.78, 5) is 34.3. The van der Waals surface area contributed by atoms with Gasteiger partial charge in [-0.2, -0.15) is 0 Å². The van der Waals surface area contributed by atoms with Crippen LogP contribution in [0.2, 0.25) is 6.04 Å². The van der Waals surface area contributed by atoms with E-state index < -0.39 is 32.6 Å². The van der Waals surface area contributed by atoms with Gasteiger partial charge in [-0.15, -0.1) is 0 Å². The van der Waals surface area contributed by atoms with Crippen molar-refractivity contribution in [2.45, 2.75) is 6.04 Å². The Morgan fingerprint density at radius 3 is 1.88 bits per heavy atom. The van der Waals surface area contributed by atoms with E-state index in [2.05, 4.69) is 5.32 Å². The van der Waals surface area contributed by atoms with Crippen LogP contribution in [-0.4, -0.2) is 64.7 Å². The molecule has 0 heterocycles. The van der Waals surface area contributed by atoms with E-state index in [0.29, 0.717) is 0 Å². The number of aliphatic carboxylic acids is 1. The quantitative estimate of drug-likeness (QED) is 0.512. The standard InChI is InChI=1S/C15H21NO8Si/c1-22-25(23-2,24-3)9-12(15(20)21)8-16-13(17)10-4-6-11(7-5-10)14(18)19/h4-7,12H,8-9H2,1-3H3,(H,16,17)(H,18,19)(H,20,21). The third kappa shape index (κ3) is 5.64. The highest BCUT2D eigenvalue weighted by molar-refractivity contribution is 6.60. The zero-order valence-electron chi connectivity index (χ0n) is 14.1. The number of carboxylic acid groups (broad SMARTS) is 2. The molecule has 1 amide bonds. The predicted octanol–water partition coefficient (Wildman–Crippen LogP) is 0.693. The van der Waals surface area contributed by atoms with E-state index in [4.69, 9.17) is 18.4 Å². The second kappa shape index (κ2) is 9.27. The first-order valence-electron chi connectivity index (χ1n) is 7.28. The second-order valence-corrected chi connectivity index (χ2v) is 8.13. The number of carbonyl (C=O) groups excluding carboxylic acids is 1. The molecule has 25 heavy (non-hydrogen) atoms. The van der Waals surface area contributed by atoms with Gasteiger partial charge in [0.2, 0.25) is 0 Å². The number of benzene rings is 1. The summed E-state index contributed by atoms with van der Waals surface area (Å²) in [5.74, 6) is -3.70. The number of carboxylic acids is 2. The lowest BCUT2D eigenvalue weighted by atomic mass is 10.1. The third-order valence-electron chi connectivity index (χ3n) is 3.68. The van der Waals surface area contributed by atoms with Crippen molar-refractivity contribution >= 4 is 26.7 Å². The molecule has 0 aliphatic rings. The van der Waals surface area contributed by atoms with Crippen LogP contribution in [0.15, 0.2) is 24.3 Å². The highest BCUT2D eigenvalue weighted by Crippen LogP contribution is 2.19. The first kappa shape index (κ1) is 20.8. The number of carbonyl (C=O) groups is 3. The highest BCUT2D eigenvalue weighted by Gasteiger charge is 2.42. The average molecular weight is 371 g/mol. The fraction of sp³-hybridized carbons (Fsp3) is 0.400. The summed E-state index contributed by atoms with van der Waals surface area (Å²) in [5, 5.41) is 20.7. The SMILES string of the molecule is CO[Si](CC(CNC(=O)c1ccc(C(=O)O)cc1)C(=O)O)(OC)OC. The lowest BCUT2D eigenvalue weighted by Gasteiger charge is -2.27. The minimum atomic E-state index is -3.11. The Bertz CT molecular complexity index is 606. The minimum Gasteiger partial charge on any atom is -0.481 e. The van der Waals surface area contributed by atoms with Crippen molar-refractivity contribution in [2.75, 3.05) is 27.9 Å². The predicted molar refractivity (Wildman–Crippen MR) is 88.4 cm³/mol. The van der Waals surface area contributed by atoms with Gasteiger partial charge >= 0.3 is 20.7 Å². The number of rotatable bonds is 10. The third-order valence-corrected chi connectivity index (χ3v) is 6.54. The molecule has 0 spiro atoms. The lowest BCUT2D eigenvalue weighted by molar-refractivity contribution is -0.141. The minimum absolute atomic E-state index is 0.00986. The maximum absolute atomic E-state index is 12.1. The van der Waals surface area contributed by atoms with Crippen molar-refractivity contribution in [1.82, 2.24) is 5.32 Å². The van der Waals surface area contributed by atoms with Gasteiger partial charge in [0.15, 0.2) is 0 Å². The van der Waals surface area contributed by atoms with E-state index in [1.165, 1.54) is 45.6 Å². The van der Waals surface area contributed by atoms with Gasteiger partial charge in [0, 0.05) is 39.5 Å². The molecule has 138 valence electrons. The van der Waals surface area contributed by atoms with Crippen LogP contribution in [0.3, 0.4) is 0 Å². The Balaban J connectivity index is 2.75. The van der Waals surface area contributed by atoms with E-state index in [0.717, 1.165) is 0 Å². The van der Waals surface area contributed by atoms with Crippen LogP contribution in [0.5, 0.6) is 0 Å². The van der Waals surface area contributed by atoms with Crippen LogP contribution in [0.25, 0.3) is 0 Å². The molecule has 1 atom stereocenters. The van der Waals surface area contributed by atoms with Gasteiger partial charge in [0.05, 0.1) is 11.5 Å². The van der Waals surface area contributed by atoms with E-state index in [1.54, 1.807) is 0 Å². The fourth-order valence-electron chi connectivity index (χ4n) is 2.13. The Morgan fingerprint density at radius 1 is 1.00 bits per heavy atom. The maximum Gasteiger partial charge on any atom is 0.501 e. The van der Waals surface area contributed by atoms with E-state index in [9.17, 15) is 19.5 Å². The van der Waals surface area contributed by atoms with Crippen LogP contribution in [0, 0.1) is 5.92 Å². The molecule has 10 heteroatoms. The summed E-state index contributed by atoms with van der Waals surface area (Å²) in [5.41, 5.74) is 0.277. The van der Waals surface area contributed by atoms with Crippen molar-refractivity contribution in [3.05, 3.63) is 35.4 Å². The molecule has 0 bridgehead atoms. The normalized spacial score (nSPS) is 12.4. The van der Waals surface area contributed by atoms with Gasteiger partial charge in [-0.3, -0.25) is 9.59 Å². The van der Waals surface area contributed by atoms with Crippen LogP contribution in [0.1, 0.15) is 20.7 Å². The second-order valence-electron chi connectivity index (χ2n) is 5.13. The van der Waals surface area contributed by atoms with Gasteiger partial charge in [0.25, 0.3) is 5.91 Å². The Kier molecular flexibility index (Phi) is 7.70. The van der Waals surface area contributed by atoms with E-state index in [1.807, 2.05) is 0 Å². The molecule has 0 aliphatic heterocycles. The highest BCUT2D eigenvalue weighted by atomic mass is 28.4. The number of amides is 1. The Morgan fingerprint density at radius 2 is 1.48 bits per heavy atom. The molecule has 0 fully saturated rings. The molecule has 1 aromatic rings. The zero-order valence-corrected chi connectivity index (χ0v) is 15.1. The van der Waals surface area contributed by atoms with Gasteiger partial charge in [0.1, 0.15) is 0 Å². The fourth-order valence-corrected chi connectivity index (χ4v) is 4.05. The largest absolute Gasteiger partial charge is 0.501 e. The van der Waals surface area contributed by atoms with Gasteiger partial charge < -0.3 is 28.8 Å². The number of nitrogens with one attached hydrogen (secondary N) is 1. The van der Waals surface area contributed by atoms with Crippen molar-refractivity contribution in [1.29, 1.82) is 0 Å². The molecule has 1 rings (SSSR count). The summed E-state index contributed by atoms with van der Waals surface area (Å²) in [6, 6.07) is 5.29. The average Bonchev–Trinajstić information content (AvgIpc) is 2.62. The van der Waals surface area contributed by atoms with Crippen molar-refractivity contribution in [3.63, 3.8) is 0 Å². The van der Waals surface area contributed by atoms with Gasteiger partial charge in [-0.05, 0) is 24.3 Å². The molecular weight excluding hydrogens is 350 g/mol. The summed E-state index contributed by atoms with van der Waals surface area (Å²) < 4.78 is 15.6. The summed E-state index contributed by atoms with van der Waals surface area (Å²) in [6.07, 6.45) is 0. The molecule has 0 saturated carbocycles. The molecule has 1 aromatic carbocycles. The topological polar surface area (TPSA) is 131 Å². The molecule has 9 nitrogen and oxygen atoms in total. The molecule has 3 N–H and O–H groups in total. The maximum atomic E-state index is 12.1. The van der Waals surface area contributed by atoms with Crippen molar-refractivity contribution in [3.8, 4) is 0 Å². The molecule has 1 unspecified atom stereocenters. The molecule has 0 saturated heterocycles. The van der Waals surface area contributed by atoms with Crippen molar-refractivity contribution in [2.24, 2.45) is 5.92 Å². The Hall–Kier alpha value is -2.27. The number of aromatic carboxylic acids is 1. The van der Waals surface area contributed by atoms with Crippen LogP contribution in [0.4, 0.5) is 0 Å². The number of hydrogen-bond donors (Lipinski definition) is 3. The van der Waals surface area contributed by atoms with E-state index in [-0.39, 0.29) is 23.7 Å². The smallest absolute Gasteiger partial charge is 0.481 e. The molecule has 0 aromatic heterocycles. The van der Waals surface area contributed by atoms with Gasteiger partial charge in [-0.25, -0.2) is 4.79 Å². The summed E-state index contributed by atoms with van der Waals surface area (Å²) >= 11 is 0. The van der Waals surface area contributed by atoms with Crippen molar-refractivity contribution < 1.29 is 37.9 Å². The monoisotopic (exact) mass is 371 g/mol.